The molecule has 2 aliphatic rings. The molecular weight excluding hydrogens is 336 g/mol. The number of carbonyl (C=O) groups is 1. The molecule has 4 rings (SSSR count). The molecule has 0 spiro atoms. The van der Waals surface area contributed by atoms with Gasteiger partial charge in [-0.1, -0.05) is 23.8 Å². The van der Waals surface area contributed by atoms with E-state index in [0.29, 0.717) is 5.91 Å². The second-order valence-electron chi connectivity index (χ2n) is 6.60. The van der Waals surface area contributed by atoms with Crippen LogP contribution in [-0.2, 0) is 17.8 Å². The second kappa shape index (κ2) is 6.90. The molecule has 0 N–H and O–H groups in total. The van der Waals surface area contributed by atoms with Gasteiger partial charge in [-0.3, -0.25) is 9.69 Å². The maximum absolute atomic E-state index is 12.9. The first-order chi connectivity index (χ1) is 11.7. The van der Waals surface area contributed by atoms with Crippen LogP contribution in [0.1, 0.15) is 16.0 Å². The lowest BCUT2D eigenvalue weighted by Crippen LogP contribution is -2.50. The van der Waals surface area contributed by atoms with Gasteiger partial charge < -0.3 is 4.90 Å². The topological polar surface area (TPSA) is 23.6 Å². The molecule has 2 aromatic rings. The molecule has 1 fully saturated rings. The molecule has 24 heavy (non-hydrogen) atoms. The molecule has 126 valence electrons. The summed E-state index contributed by atoms with van der Waals surface area (Å²) >= 11 is 3.57. The third kappa shape index (κ3) is 3.39. The minimum absolute atomic E-state index is 0.0747. The zero-order valence-electron chi connectivity index (χ0n) is 13.9. The van der Waals surface area contributed by atoms with E-state index in [-0.39, 0.29) is 5.25 Å². The highest BCUT2D eigenvalue weighted by Gasteiger charge is 2.32. The van der Waals surface area contributed by atoms with Crippen LogP contribution in [0.3, 0.4) is 0 Å². The lowest BCUT2D eigenvalue weighted by atomic mass is 10.1. The number of hydrogen-bond donors (Lipinski definition) is 0. The molecular formula is C19H22N2OS2. The van der Waals surface area contributed by atoms with Gasteiger partial charge in [-0.05, 0) is 36.4 Å². The number of piperazine rings is 1. The first kappa shape index (κ1) is 16.2. The van der Waals surface area contributed by atoms with Crippen LogP contribution in [0.15, 0.2) is 40.6 Å². The van der Waals surface area contributed by atoms with Gasteiger partial charge in [0.05, 0.1) is 5.25 Å². The Morgan fingerprint density at radius 3 is 2.79 bits per heavy atom. The van der Waals surface area contributed by atoms with Crippen molar-refractivity contribution >= 4 is 29.0 Å². The predicted molar refractivity (Wildman–Crippen MR) is 101 cm³/mol. The van der Waals surface area contributed by atoms with Crippen molar-refractivity contribution in [3.05, 3.63) is 51.7 Å². The largest absolute Gasteiger partial charge is 0.339 e. The monoisotopic (exact) mass is 358 g/mol. The Kier molecular flexibility index (Phi) is 4.66. The van der Waals surface area contributed by atoms with Crippen LogP contribution in [0.2, 0.25) is 0 Å². The Morgan fingerprint density at radius 1 is 1.21 bits per heavy atom. The van der Waals surface area contributed by atoms with Gasteiger partial charge >= 0.3 is 0 Å². The van der Waals surface area contributed by atoms with Crippen LogP contribution in [0.25, 0.3) is 0 Å². The second-order valence-corrected chi connectivity index (χ2v) is 8.88. The fourth-order valence-corrected chi connectivity index (χ4v) is 5.55. The average molecular weight is 359 g/mol. The fraction of sp³-hybridized carbons (Fsp3) is 0.421. The molecule has 2 aliphatic heterocycles. The summed E-state index contributed by atoms with van der Waals surface area (Å²) in [4.78, 5) is 20.1. The fourth-order valence-electron chi connectivity index (χ4n) is 3.43. The minimum Gasteiger partial charge on any atom is -0.339 e. The lowest BCUT2D eigenvalue weighted by Gasteiger charge is -2.35. The van der Waals surface area contributed by atoms with Crippen molar-refractivity contribution in [3.8, 4) is 0 Å². The SMILES string of the molecule is Cc1ccc2c(c1)SC(C(=O)N1CCN(Cc3cccs3)CC1)C2. The molecule has 3 nitrogen and oxygen atoms in total. The Hall–Kier alpha value is -1.30. The van der Waals surface area contributed by atoms with Crippen molar-refractivity contribution in [2.75, 3.05) is 26.2 Å². The summed E-state index contributed by atoms with van der Waals surface area (Å²) in [6.45, 7) is 6.80. The number of amides is 1. The van der Waals surface area contributed by atoms with Gasteiger partial charge in [0.25, 0.3) is 0 Å². The highest BCUT2D eigenvalue weighted by Crippen LogP contribution is 2.38. The minimum atomic E-state index is 0.0747. The van der Waals surface area contributed by atoms with Crippen LogP contribution >= 0.6 is 23.1 Å². The first-order valence-electron chi connectivity index (χ1n) is 8.49. The molecule has 3 heterocycles. The van der Waals surface area contributed by atoms with Gasteiger partial charge in [-0.25, -0.2) is 0 Å². The Bertz CT molecular complexity index is 721. The standard InChI is InChI=1S/C19H22N2OS2/c1-14-4-5-15-12-18(24-17(15)11-14)19(22)21-8-6-20(7-9-21)13-16-3-2-10-23-16/h2-5,10-11,18H,6-9,12-13H2,1H3. The van der Waals surface area contributed by atoms with Crippen molar-refractivity contribution < 1.29 is 4.79 Å². The molecule has 5 heteroatoms. The van der Waals surface area contributed by atoms with Crippen LogP contribution in [0.5, 0.6) is 0 Å². The van der Waals surface area contributed by atoms with Crippen molar-refractivity contribution in [2.24, 2.45) is 0 Å². The quantitative estimate of drug-likeness (QED) is 0.840. The van der Waals surface area contributed by atoms with E-state index in [1.54, 1.807) is 11.8 Å². The van der Waals surface area contributed by atoms with E-state index in [4.69, 9.17) is 0 Å². The summed E-state index contributed by atoms with van der Waals surface area (Å²) < 4.78 is 0. The number of carbonyl (C=O) groups excluding carboxylic acids is 1. The van der Waals surface area contributed by atoms with Gasteiger partial charge in [-0.15, -0.1) is 23.1 Å². The molecule has 0 aliphatic carbocycles. The first-order valence-corrected chi connectivity index (χ1v) is 10.2. The normalized spacial score (nSPS) is 21.0. The summed E-state index contributed by atoms with van der Waals surface area (Å²) in [6, 6.07) is 10.8. The number of rotatable bonds is 3. The predicted octanol–water partition coefficient (Wildman–Crippen LogP) is 3.42. The van der Waals surface area contributed by atoms with E-state index in [0.717, 1.165) is 39.1 Å². The molecule has 0 radical (unpaired) electrons. The van der Waals surface area contributed by atoms with E-state index < -0.39 is 0 Å². The Labute approximate surface area is 151 Å². The smallest absolute Gasteiger partial charge is 0.236 e. The maximum atomic E-state index is 12.9. The number of thioether (sulfide) groups is 1. The zero-order chi connectivity index (χ0) is 16.5. The molecule has 1 unspecified atom stereocenters. The van der Waals surface area contributed by atoms with Crippen molar-refractivity contribution in [1.29, 1.82) is 0 Å². The molecule has 1 saturated heterocycles. The van der Waals surface area contributed by atoms with Gasteiger partial charge in [-0.2, -0.15) is 0 Å². The zero-order valence-corrected chi connectivity index (χ0v) is 15.5. The van der Waals surface area contributed by atoms with Gasteiger partial charge in [0, 0.05) is 42.5 Å². The average Bonchev–Trinajstić information content (AvgIpc) is 3.24. The van der Waals surface area contributed by atoms with E-state index in [2.05, 4.69) is 52.4 Å². The number of nitrogens with zero attached hydrogens (tertiary/aromatic N) is 2. The third-order valence-electron chi connectivity index (χ3n) is 4.82. The lowest BCUT2D eigenvalue weighted by molar-refractivity contribution is -0.132. The van der Waals surface area contributed by atoms with E-state index >= 15 is 0 Å². The third-order valence-corrected chi connectivity index (χ3v) is 6.96. The summed E-state index contributed by atoms with van der Waals surface area (Å²) in [5.74, 6) is 0.324. The van der Waals surface area contributed by atoms with E-state index in [1.165, 1.54) is 20.9 Å². The van der Waals surface area contributed by atoms with Crippen LogP contribution < -0.4 is 0 Å². The number of aryl methyl sites for hydroxylation is 1. The Balaban J connectivity index is 1.32. The molecule has 1 atom stereocenters. The molecule has 1 amide bonds. The molecule has 1 aromatic carbocycles. The Morgan fingerprint density at radius 2 is 2.04 bits per heavy atom. The highest BCUT2D eigenvalue weighted by atomic mass is 32.2. The van der Waals surface area contributed by atoms with Gasteiger partial charge in [0.15, 0.2) is 0 Å². The summed E-state index contributed by atoms with van der Waals surface area (Å²) in [6.07, 6.45) is 0.883. The van der Waals surface area contributed by atoms with Crippen molar-refractivity contribution in [2.45, 2.75) is 30.0 Å². The van der Waals surface area contributed by atoms with Gasteiger partial charge in [0.1, 0.15) is 0 Å². The summed E-state index contributed by atoms with van der Waals surface area (Å²) in [7, 11) is 0. The van der Waals surface area contributed by atoms with Crippen LogP contribution in [0.4, 0.5) is 0 Å². The molecule has 0 bridgehead atoms. The highest BCUT2D eigenvalue weighted by molar-refractivity contribution is 8.01. The summed E-state index contributed by atoms with van der Waals surface area (Å²) in [5.41, 5.74) is 2.61. The van der Waals surface area contributed by atoms with E-state index in [1.807, 2.05) is 11.3 Å². The van der Waals surface area contributed by atoms with Crippen molar-refractivity contribution in [1.82, 2.24) is 9.80 Å². The van der Waals surface area contributed by atoms with E-state index in [9.17, 15) is 4.79 Å². The number of thiophene rings is 1. The molecule has 1 aromatic heterocycles. The van der Waals surface area contributed by atoms with Crippen molar-refractivity contribution in [3.63, 3.8) is 0 Å². The van der Waals surface area contributed by atoms with Crippen LogP contribution in [0, 0.1) is 6.92 Å². The number of hydrogen-bond acceptors (Lipinski definition) is 4. The number of fused-ring (bicyclic) bond motifs is 1. The molecule has 0 saturated carbocycles. The summed E-state index contributed by atoms with van der Waals surface area (Å²) in [5, 5.41) is 2.21. The van der Waals surface area contributed by atoms with Gasteiger partial charge in [0.2, 0.25) is 5.91 Å². The van der Waals surface area contributed by atoms with Crippen LogP contribution in [-0.4, -0.2) is 47.1 Å². The number of benzene rings is 1. The maximum Gasteiger partial charge on any atom is 0.236 e.